The number of piperidine rings is 1. The van der Waals surface area contributed by atoms with Crippen molar-refractivity contribution in [3.8, 4) is 5.75 Å². The number of hydrogen-bond acceptors (Lipinski definition) is 4. The van der Waals surface area contributed by atoms with Gasteiger partial charge in [-0.1, -0.05) is 30.3 Å². The van der Waals surface area contributed by atoms with Gasteiger partial charge in [-0.25, -0.2) is 12.7 Å². The van der Waals surface area contributed by atoms with E-state index in [4.69, 9.17) is 10.5 Å². The Labute approximate surface area is 188 Å². The fourth-order valence-electron chi connectivity index (χ4n) is 4.40. The molecule has 1 aliphatic heterocycles. The van der Waals surface area contributed by atoms with Crippen LogP contribution in [0, 0.1) is 0 Å². The van der Waals surface area contributed by atoms with Gasteiger partial charge in [0.1, 0.15) is 5.75 Å². The third-order valence-electron chi connectivity index (χ3n) is 6.21. The minimum Gasteiger partial charge on any atom is -0.493 e. The standard InChI is InChI=1S/C24H29N3O4S/c1-2-32(29,30)27-11-8-18(9-12-27)22-16-26-23-20(22)14-19(15-21(23)24(25)28)31-13-10-17-6-4-3-5-7-17/h3-7,14-16,18,26H,2,8-13H2,1H3,(H2,25,28). The van der Waals surface area contributed by atoms with E-state index in [1.807, 2.05) is 30.5 Å². The molecule has 0 atom stereocenters. The third kappa shape index (κ3) is 4.66. The molecule has 3 N–H and O–H groups in total. The molecule has 2 aromatic carbocycles. The van der Waals surface area contributed by atoms with E-state index in [9.17, 15) is 13.2 Å². The number of nitrogens with two attached hydrogens (primary N) is 1. The lowest BCUT2D eigenvalue weighted by Gasteiger charge is -2.30. The highest BCUT2D eigenvalue weighted by Gasteiger charge is 2.29. The summed E-state index contributed by atoms with van der Waals surface area (Å²) in [6.45, 7) is 3.17. The Hall–Kier alpha value is -2.84. The number of hydrogen-bond donors (Lipinski definition) is 2. The minimum atomic E-state index is -3.17. The molecule has 0 saturated carbocycles. The van der Waals surface area contributed by atoms with Gasteiger partial charge in [0.25, 0.3) is 5.91 Å². The number of aromatic amines is 1. The van der Waals surface area contributed by atoms with Gasteiger partial charge in [0.2, 0.25) is 10.0 Å². The Morgan fingerprint density at radius 1 is 1.19 bits per heavy atom. The van der Waals surface area contributed by atoms with Crippen molar-refractivity contribution in [1.82, 2.24) is 9.29 Å². The van der Waals surface area contributed by atoms with Crippen molar-refractivity contribution in [3.63, 3.8) is 0 Å². The minimum absolute atomic E-state index is 0.121. The maximum atomic E-state index is 12.2. The van der Waals surface area contributed by atoms with Gasteiger partial charge in [0, 0.05) is 31.1 Å². The van der Waals surface area contributed by atoms with Crippen LogP contribution in [0.25, 0.3) is 10.9 Å². The number of amides is 1. The van der Waals surface area contributed by atoms with Gasteiger partial charge in [0.15, 0.2) is 0 Å². The molecule has 170 valence electrons. The molecule has 0 spiro atoms. The molecule has 32 heavy (non-hydrogen) atoms. The van der Waals surface area contributed by atoms with E-state index >= 15 is 0 Å². The lowest BCUT2D eigenvalue weighted by Crippen LogP contribution is -2.38. The summed E-state index contributed by atoms with van der Waals surface area (Å²) in [7, 11) is -3.17. The van der Waals surface area contributed by atoms with E-state index in [-0.39, 0.29) is 11.7 Å². The summed E-state index contributed by atoms with van der Waals surface area (Å²) in [6.07, 6.45) is 4.14. The zero-order chi connectivity index (χ0) is 22.7. The average molecular weight is 456 g/mol. The van der Waals surface area contributed by atoms with Crippen LogP contribution in [0.5, 0.6) is 5.75 Å². The van der Waals surface area contributed by atoms with Crippen LogP contribution in [0.3, 0.4) is 0 Å². The third-order valence-corrected chi connectivity index (χ3v) is 8.10. The summed E-state index contributed by atoms with van der Waals surface area (Å²) in [6, 6.07) is 13.7. The van der Waals surface area contributed by atoms with Gasteiger partial charge < -0.3 is 15.5 Å². The van der Waals surface area contributed by atoms with E-state index in [2.05, 4.69) is 17.1 Å². The van der Waals surface area contributed by atoms with Crippen LogP contribution in [0.2, 0.25) is 0 Å². The molecule has 0 aliphatic carbocycles. The predicted molar refractivity (Wildman–Crippen MR) is 125 cm³/mol. The van der Waals surface area contributed by atoms with Gasteiger partial charge in [-0.2, -0.15) is 0 Å². The SMILES string of the molecule is CCS(=O)(=O)N1CCC(c2c[nH]c3c(C(N)=O)cc(OCCc4ccccc4)cc23)CC1. The van der Waals surface area contributed by atoms with Crippen LogP contribution in [-0.4, -0.2) is 49.1 Å². The first kappa shape index (κ1) is 22.4. The van der Waals surface area contributed by atoms with Crippen LogP contribution < -0.4 is 10.5 Å². The summed E-state index contributed by atoms with van der Waals surface area (Å²) in [5, 5.41) is 0.910. The number of nitrogens with one attached hydrogen (secondary N) is 1. The van der Waals surface area contributed by atoms with Crippen LogP contribution in [0.1, 0.15) is 47.2 Å². The van der Waals surface area contributed by atoms with Crippen molar-refractivity contribution < 1.29 is 17.9 Å². The van der Waals surface area contributed by atoms with Crippen molar-refractivity contribution in [2.75, 3.05) is 25.4 Å². The Morgan fingerprint density at radius 3 is 2.56 bits per heavy atom. The Kier molecular flexibility index (Phi) is 6.53. The molecule has 0 unspecified atom stereocenters. The molecule has 3 aromatic rings. The zero-order valence-electron chi connectivity index (χ0n) is 18.2. The number of ether oxygens (including phenoxy) is 1. The number of carbonyl (C=O) groups is 1. The number of primary amides is 1. The number of H-pyrrole nitrogens is 1. The van der Waals surface area contributed by atoms with Crippen molar-refractivity contribution in [1.29, 1.82) is 0 Å². The summed E-state index contributed by atoms with van der Waals surface area (Å²) >= 11 is 0. The van der Waals surface area contributed by atoms with Crippen molar-refractivity contribution in [2.24, 2.45) is 5.73 Å². The number of nitrogens with zero attached hydrogens (tertiary/aromatic N) is 1. The average Bonchev–Trinajstić information content (AvgIpc) is 3.23. The zero-order valence-corrected chi connectivity index (χ0v) is 19.0. The Morgan fingerprint density at radius 2 is 1.91 bits per heavy atom. The van der Waals surface area contributed by atoms with Crippen LogP contribution in [-0.2, 0) is 16.4 Å². The van der Waals surface area contributed by atoms with Crippen molar-refractivity contribution in [3.05, 3.63) is 65.4 Å². The second kappa shape index (κ2) is 9.34. The number of benzene rings is 2. The Bertz CT molecular complexity index is 1200. The smallest absolute Gasteiger partial charge is 0.250 e. The number of rotatable bonds is 8. The lowest BCUT2D eigenvalue weighted by molar-refractivity contribution is 0.100. The highest BCUT2D eigenvalue weighted by Crippen LogP contribution is 2.36. The topological polar surface area (TPSA) is 105 Å². The highest BCUT2D eigenvalue weighted by molar-refractivity contribution is 7.89. The van der Waals surface area contributed by atoms with Crippen molar-refractivity contribution >= 4 is 26.8 Å². The molecule has 1 saturated heterocycles. The lowest BCUT2D eigenvalue weighted by atomic mass is 9.89. The first-order chi connectivity index (χ1) is 15.4. The molecule has 1 amide bonds. The normalized spacial score (nSPS) is 15.8. The molecule has 8 heteroatoms. The Balaban J connectivity index is 1.56. The van der Waals surface area contributed by atoms with E-state index in [0.717, 1.165) is 30.2 Å². The van der Waals surface area contributed by atoms with E-state index in [1.165, 1.54) is 5.56 Å². The molecular formula is C24H29N3O4S. The van der Waals surface area contributed by atoms with Gasteiger partial charge in [0.05, 0.1) is 23.4 Å². The molecule has 2 heterocycles. The van der Waals surface area contributed by atoms with Crippen molar-refractivity contribution in [2.45, 2.75) is 32.1 Å². The fraction of sp³-hybridized carbons (Fsp3) is 0.375. The maximum absolute atomic E-state index is 12.2. The van der Waals surface area contributed by atoms with Gasteiger partial charge in [-0.05, 0) is 48.9 Å². The van der Waals surface area contributed by atoms with Crippen LogP contribution in [0.4, 0.5) is 0 Å². The first-order valence-electron chi connectivity index (χ1n) is 11.0. The van der Waals surface area contributed by atoms with E-state index in [0.29, 0.717) is 36.5 Å². The number of aromatic nitrogens is 1. The van der Waals surface area contributed by atoms with E-state index in [1.54, 1.807) is 17.3 Å². The molecule has 0 radical (unpaired) electrons. The molecule has 4 rings (SSSR count). The fourth-order valence-corrected chi connectivity index (χ4v) is 5.53. The molecule has 7 nitrogen and oxygen atoms in total. The van der Waals surface area contributed by atoms with Gasteiger partial charge >= 0.3 is 0 Å². The molecular weight excluding hydrogens is 426 g/mol. The van der Waals surface area contributed by atoms with Crippen LogP contribution in [0.15, 0.2) is 48.7 Å². The number of sulfonamides is 1. The quantitative estimate of drug-likeness (QED) is 0.543. The molecule has 1 aromatic heterocycles. The summed E-state index contributed by atoms with van der Waals surface area (Å²) in [5.74, 6) is 0.415. The van der Waals surface area contributed by atoms with Crippen LogP contribution >= 0.6 is 0 Å². The summed E-state index contributed by atoms with van der Waals surface area (Å²) < 4.78 is 31.9. The number of fused-ring (bicyclic) bond motifs is 1. The highest BCUT2D eigenvalue weighted by atomic mass is 32.2. The maximum Gasteiger partial charge on any atom is 0.250 e. The monoisotopic (exact) mass is 455 g/mol. The largest absolute Gasteiger partial charge is 0.493 e. The first-order valence-corrected chi connectivity index (χ1v) is 12.6. The van der Waals surface area contributed by atoms with E-state index < -0.39 is 15.9 Å². The number of carbonyl (C=O) groups excluding carboxylic acids is 1. The molecule has 1 aliphatic rings. The molecule has 0 bridgehead atoms. The summed E-state index contributed by atoms with van der Waals surface area (Å²) in [5.41, 5.74) is 9.00. The van der Waals surface area contributed by atoms with Gasteiger partial charge in [-0.15, -0.1) is 0 Å². The molecule has 1 fully saturated rings. The van der Waals surface area contributed by atoms with Gasteiger partial charge in [-0.3, -0.25) is 4.79 Å². The summed E-state index contributed by atoms with van der Waals surface area (Å²) in [4.78, 5) is 15.3. The predicted octanol–water partition coefficient (Wildman–Crippen LogP) is 3.42. The second-order valence-electron chi connectivity index (χ2n) is 8.16. The second-order valence-corrected chi connectivity index (χ2v) is 10.4.